The molecule has 0 saturated heterocycles. The number of H-pyrrole nitrogens is 1. The number of pyridine rings is 2. The molecule has 3 aromatic heterocycles. The highest BCUT2D eigenvalue weighted by Crippen LogP contribution is 2.34. The Morgan fingerprint density at radius 3 is 2.64 bits per heavy atom. The van der Waals surface area contributed by atoms with Crippen LogP contribution in [0.1, 0.15) is 24.2 Å². The number of hydrogen-bond acceptors (Lipinski definition) is 7. The third kappa shape index (κ3) is 3.73. The van der Waals surface area contributed by atoms with Gasteiger partial charge >= 0.3 is 0 Å². The van der Waals surface area contributed by atoms with E-state index in [9.17, 15) is 14.8 Å². The number of nitrogens with zero attached hydrogens (tertiary/aromatic N) is 4. The number of aromatic nitrogens is 4. The molecular formula is C25H20ClN7O3. The summed E-state index contributed by atoms with van der Waals surface area (Å²) in [6, 6.07) is 14.7. The Labute approximate surface area is 208 Å². The van der Waals surface area contributed by atoms with Gasteiger partial charge in [-0.3, -0.25) is 14.2 Å². The summed E-state index contributed by atoms with van der Waals surface area (Å²) in [5.41, 5.74) is 6.86. The normalized spacial score (nSPS) is 12.7. The average Bonchev–Trinajstić information content (AvgIpc) is 2.90. The molecule has 11 heteroatoms. The molecule has 0 fully saturated rings. The zero-order valence-electron chi connectivity index (χ0n) is 18.9. The van der Waals surface area contributed by atoms with Crippen molar-refractivity contribution in [2.24, 2.45) is 10.9 Å². The SMILES string of the molecule is C[C@H](Nc1ncnc2[nH]ccc(=O)c12)c1c(Cl)c2cccc(/C(N)=N/O)c2c(=O)n1-c1ccccc1. The second kappa shape index (κ2) is 9.16. The maximum Gasteiger partial charge on any atom is 0.264 e. The Morgan fingerprint density at radius 1 is 1.11 bits per heavy atom. The molecule has 5 N–H and O–H groups in total. The zero-order valence-corrected chi connectivity index (χ0v) is 19.7. The number of aromatic amines is 1. The quantitative estimate of drug-likeness (QED) is 0.124. The molecule has 36 heavy (non-hydrogen) atoms. The summed E-state index contributed by atoms with van der Waals surface area (Å²) in [7, 11) is 0. The first-order valence-electron chi connectivity index (χ1n) is 10.9. The predicted octanol–water partition coefficient (Wildman–Crippen LogP) is 3.54. The topological polar surface area (TPSA) is 151 Å². The third-order valence-electron chi connectivity index (χ3n) is 5.89. The minimum Gasteiger partial charge on any atom is -0.409 e. The molecule has 0 aliphatic rings. The molecule has 0 spiro atoms. The number of nitrogens with two attached hydrogens (primary N) is 1. The highest BCUT2D eigenvalue weighted by Gasteiger charge is 2.24. The highest BCUT2D eigenvalue weighted by atomic mass is 35.5. The van der Waals surface area contributed by atoms with Crippen LogP contribution < -0.4 is 22.0 Å². The largest absolute Gasteiger partial charge is 0.409 e. The number of hydrogen-bond donors (Lipinski definition) is 4. The van der Waals surface area contributed by atoms with E-state index in [0.29, 0.717) is 28.2 Å². The first-order chi connectivity index (χ1) is 17.4. The summed E-state index contributed by atoms with van der Waals surface area (Å²) in [5, 5.41) is 16.8. The van der Waals surface area contributed by atoms with E-state index >= 15 is 0 Å². The molecule has 180 valence electrons. The molecule has 1 atom stereocenters. The Kier molecular flexibility index (Phi) is 5.87. The summed E-state index contributed by atoms with van der Waals surface area (Å²) >= 11 is 6.96. The number of benzene rings is 2. The number of oxime groups is 1. The summed E-state index contributed by atoms with van der Waals surface area (Å²) in [4.78, 5) is 37.9. The van der Waals surface area contributed by atoms with Gasteiger partial charge in [0.2, 0.25) is 0 Å². The molecule has 0 unspecified atom stereocenters. The Bertz CT molecular complexity index is 1760. The molecule has 2 aromatic carbocycles. The molecule has 10 nitrogen and oxygen atoms in total. The van der Waals surface area contributed by atoms with Gasteiger partial charge in [-0.2, -0.15) is 0 Å². The molecule has 0 radical (unpaired) electrons. The van der Waals surface area contributed by atoms with Crippen molar-refractivity contribution in [3.05, 3.63) is 104 Å². The number of anilines is 1. The van der Waals surface area contributed by atoms with Gasteiger partial charge in [-0.05, 0) is 19.1 Å². The lowest BCUT2D eigenvalue weighted by atomic mass is 10.0. The molecule has 5 aromatic rings. The van der Waals surface area contributed by atoms with Gasteiger partial charge in [0.1, 0.15) is 23.2 Å². The molecule has 3 heterocycles. The Morgan fingerprint density at radius 2 is 1.89 bits per heavy atom. The van der Waals surface area contributed by atoms with Crippen LogP contribution in [0, 0.1) is 0 Å². The maximum absolute atomic E-state index is 14.0. The van der Waals surface area contributed by atoms with Crippen LogP contribution in [0.15, 0.2) is 81.9 Å². The molecule has 0 bridgehead atoms. The van der Waals surface area contributed by atoms with E-state index in [1.54, 1.807) is 42.5 Å². The number of fused-ring (bicyclic) bond motifs is 2. The van der Waals surface area contributed by atoms with Crippen molar-refractivity contribution >= 4 is 45.1 Å². The van der Waals surface area contributed by atoms with E-state index in [-0.39, 0.29) is 32.6 Å². The van der Waals surface area contributed by atoms with E-state index in [1.165, 1.54) is 23.2 Å². The van der Waals surface area contributed by atoms with Crippen LogP contribution in [0.25, 0.3) is 27.5 Å². The predicted molar refractivity (Wildman–Crippen MR) is 139 cm³/mol. The van der Waals surface area contributed by atoms with E-state index in [0.717, 1.165) is 0 Å². The first kappa shape index (κ1) is 23.1. The van der Waals surface area contributed by atoms with Crippen LogP contribution >= 0.6 is 11.6 Å². The van der Waals surface area contributed by atoms with Crippen LogP contribution in [-0.4, -0.2) is 30.6 Å². The van der Waals surface area contributed by atoms with E-state index in [1.807, 2.05) is 13.0 Å². The van der Waals surface area contributed by atoms with Gasteiger partial charge in [0.25, 0.3) is 5.56 Å². The smallest absolute Gasteiger partial charge is 0.264 e. The fraction of sp³-hybridized carbons (Fsp3) is 0.0800. The van der Waals surface area contributed by atoms with Crippen molar-refractivity contribution < 1.29 is 5.21 Å². The van der Waals surface area contributed by atoms with Gasteiger partial charge in [-0.25, -0.2) is 9.97 Å². The number of nitrogens with one attached hydrogen (secondary N) is 2. The standard InChI is InChI=1S/C25H20ClN7O3/c1-13(31-24-19-17(34)10-11-28-23(19)29-12-30-24)21-20(26)15-8-5-9-16(22(27)32-36)18(15)25(35)33(21)14-6-3-2-4-7-14/h2-13,36H,1H3,(H2,27,32)(H2,28,29,30,31,34)/t13-/m0/s1. The molecule has 0 saturated carbocycles. The number of para-hydroxylation sites is 1. The number of rotatable bonds is 5. The summed E-state index contributed by atoms with van der Waals surface area (Å²) < 4.78 is 1.48. The van der Waals surface area contributed by atoms with Crippen LogP contribution in [0.3, 0.4) is 0 Å². The Balaban J connectivity index is 1.80. The monoisotopic (exact) mass is 501 g/mol. The van der Waals surface area contributed by atoms with Gasteiger partial charge in [0.15, 0.2) is 11.3 Å². The summed E-state index contributed by atoms with van der Waals surface area (Å²) in [5.74, 6) is 0.0852. The maximum atomic E-state index is 14.0. The van der Waals surface area contributed by atoms with E-state index < -0.39 is 11.6 Å². The van der Waals surface area contributed by atoms with Crippen molar-refractivity contribution in [3.63, 3.8) is 0 Å². The van der Waals surface area contributed by atoms with E-state index in [4.69, 9.17) is 17.3 Å². The fourth-order valence-corrected chi connectivity index (χ4v) is 4.70. The van der Waals surface area contributed by atoms with E-state index in [2.05, 4.69) is 25.4 Å². The van der Waals surface area contributed by atoms with Crippen LogP contribution in [0.4, 0.5) is 5.82 Å². The second-order valence-electron chi connectivity index (χ2n) is 8.04. The Hall–Kier alpha value is -4.70. The molecular weight excluding hydrogens is 482 g/mol. The minimum atomic E-state index is -0.583. The lowest BCUT2D eigenvalue weighted by molar-refractivity contribution is 0.318. The lowest BCUT2D eigenvalue weighted by Crippen LogP contribution is -2.28. The fourth-order valence-electron chi connectivity index (χ4n) is 4.30. The first-order valence-corrected chi connectivity index (χ1v) is 11.3. The summed E-state index contributed by atoms with van der Waals surface area (Å²) in [6.45, 7) is 1.81. The second-order valence-corrected chi connectivity index (χ2v) is 8.42. The van der Waals surface area contributed by atoms with Gasteiger partial charge < -0.3 is 21.2 Å². The molecule has 0 aliphatic carbocycles. The minimum absolute atomic E-state index is 0.209. The van der Waals surface area contributed by atoms with Gasteiger partial charge in [0.05, 0.1) is 22.1 Å². The number of amidine groups is 1. The zero-order chi connectivity index (χ0) is 25.4. The van der Waals surface area contributed by atoms with Gasteiger partial charge in [-0.15, -0.1) is 0 Å². The van der Waals surface area contributed by atoms with Crippen molar-refractivity contribution in [3.8, 4) is 5.69 Å². The van der Waals surface area contributed by atoms with Crippen molar-refractivity contribution in [1.29, 1.82) is 0 Å². The molecule has 0 amide bonds. The van der Waals surface area contributed by atoms with Crippen molar-refractivity contribution in [2.75, 3.05) is 5.32 Å². The third-order valence-corrected chi connectivity index (χ3v) is 6.29. The molecule has 0 aliphatic heterocycles. The highest BCUT2D eigenvalue weighted by molar-refractivity contribution is 6.36. The lowest BCUT2D eigenvalue weighted by Gasteiger charge is -2.24. The average molecular weight is 502 g/mol. The number of halogens is 1. The van der Waals surface area contributed by atoms with Gasteiger partial charge in [-0.1, -0.05) is 53.2 Å². The van der Waals surface area contributed by atoms with Crippen molar-refractivity contribution in [1.82, 2.24) is 19.5 Å². The van der Waals surface area contributed by atoms with Crippen LogP contribution in [0.2, 0.25) is 5.02 Å². The van der Waals surface area contributed by atoms with Crippen molar-refractivity contribution in [2.45, 2.75) is 13.0 Å². The van der Waals surface area contributed by atoms with Crippen LogP contribution in [-0.2, 0) is 0 Å². The van der Waals surface area contributed by atoms with Crippen LogP contribution in [0.5, 0.6) is 0 Å². The molecule has 5 rings (SSSR count). The summed E-state index contributed by atoms with van der Waals surface area (Å²) in [6.07, 6.45) is 2.85. The van der Waals surface area contributed by atoms with Gasteiger partial charge in [0, 0.05) is 28.9 Å².